The van der Waals surface area contributed by atoms with Gasteiger partial charge in [-0.3, -0.25) is 0 Å². The molecule has 138 valence electrons. The molecule has 0 aliphatic carbocycles. The van der Waals surface area contributed by atoms with Gasteiger partial charge in [0.05, 0.1) is 19.8 Å². The number of thiocarbonyl (C=S) groups is 1. The summed E-state index contributed by atoms with van der Waals surface area (Å²) < 4.78 is 31.7. The van der Waals surface area contributed by atoms with Crippen LogP contribution >= 0.6 is 12.2 Å². The van der Waals surface area contributed by atoms with E-state index in [2.05, 4.69) is 10.6 Å². The quantitative estimate of drug-likeness (QED) is 0.695. The molecular formula is C19H22F2N3OS+. The first-order valence-corrected chi connectivity index (χ1v) is 9.01. The van der Waals surface area contributed by atoms with Crippen LogP contribution in [0.1, 0.15) is 11.6 Å². The van der Waals surface area contributed by atoms with Gasteiger partial charge in [0.15, 0.2) is 5.11 Å². The first-order chi connectivity index (χ1) is 12.6. The van der Waals surface area contributed by atoms with Crippen LogP contribution < -0.4 is 15.5 Å². The van der Waals surface area contributed by atoms with Gasteiger partial charge in [0.25, 0.3) is 0 Å². The van der Waals surface area contributed by atoms with E-state index >= 15 is 0 Å². The molecule has 0 bridgehead atoms. The van der Waals surface area contributed by atoms with Gasteiger partial charge in [0.1, 0.15) is 30.8 Å². The number of morpholine rings is 1. The van der Waals surface area contributed by atoms with Crippen molar-refractivity contribution in [1.29, 1.82) is 0 Å². The average Bonchev–Trinajstić information content (AvgIpc) is 2.66. The summed E-state index contributed by atoms with van der Waals surface area (Å²) >= 11 is 5.35. The lowest BCUT2D eigenvalue weighted by Crippen LogP contribution is -3.15. The van der Waals surface area contributed by atoms with Crippen LogP contribution in [-0.4, -0.2) is 38.0 Å². The van der Waals surface area contributed by atoms with E-state index in [-0.39, 0.29) is 17.7 Å². The average molecular weight is 378 g/mol. The standard InChI is InChI=1S/C19H21F2N3OS/c20-15-3-1-14(2-4-15)18(24-9-11-25-12-10-24)13-22-19(26)23-17-7-5-16(21)6-8-17/h1-8,18H,9-13H2,(H2,22,23,26)/p+1/t18-/m0/s1. The summed E-state index contributed by atoms with van der Waals surface area (Å²) in [5.74, 6) is -0.535. The van der Waals surface area contributed by atoms with Crippen LogP contribution in [0, 0.1) is 11.6 Å². The van der Waals surface area contributed by atoms with E-state index in [1.54, 1.807) is 12.1 Å². The van der Waals surface area contributed by atoms with Gasteiger partial charge in [-0.1, -0.05) is 12.1 Å². The SMILES string of the molecule is Fc1ccc(NC(=S)NC[C@@H](c2ccc(F)cc2)[NH+]2CCOCC2)cc1. The van der Waals surface area contributed by atoms with Crippen molar-refractivity contribution in [1.82, 2.24) is 5.32 Å². The molecule has 4 nitrogen and oxygen atoms in total. The fourth-order valence-corrected chi connectivity index (χ4v) is 3.28. The van der Waals surface area contributed by atoms with E-state index in [0.717, 1.165) is 24.3 Å². The lowest BCUT2D eigenvalue weighted by Gasteiger charge is -2.32. The molecule has 1 aliphatic heterocycles. The normalized spacial score (nSPS) is 16.1. The lowest BCUT2D eigenvalue weighted by atomic mass is 10.0. The number of nitrogens with one attached hydrogen (secondary N) is 3. The molecule has 1 fully saturated rings. The number of hydrogen-bond donors (Lipinski definition) is 3. The van der Waals surface area contributed by atoms with Crippen LogP contribution in [-0.2, 0) is 4.74 Å². The Balaban J connectivity index is 1.64. The predicted octanol–water partition coefficient (Wildman–Crippen LogP) is 1.91. The van der Waals surface area contributed by atoms with Gasteiger partial charge in [-0.05, 0) is 48.6 Å². The summed E-state index contributed by atoms with van der Waals surface area (Å²) in [4.78, 5) is 1.37. The largest absolute Gasteiger partial charge is 0.370 e. The van der Waals surface area contributed by atoms with Gasteiger partial charge < -0.3 is 20.3 Å². The number of halogens is 2. The highest BCUT2D eigenvalue weighted by Gasteiger charge is 2.26. The maximum absolute atomic E-state index is 13.3. The second kappa shape index (κ2) is 9.02. The molecule has 2 aromatic rings. The third-order valence-corrected chi connectivity index (χ3v) is 4.72. The molecule has 0 unspecified atom stereocenters. The van der Waals surface area contributed by atoms with Crippen molar-refractivity contribution >= 4 is 23.0 Å². The molecule has 2 aromatic carbocycles. The first kappa shape index (κ1) is 18.7. The van der Waals surface area contributed by atoms with Gasteiger partial charge in [0, 0.05) is 11.3 Å². The van der Waals surface area contributed by atoms with Crippen LogP contribution in [0.25, 0.3) is 0 Å². The van der Waals surface area contributed by atoms with E-state index in [9.17, 15) is 8.78 Å². The molecule has 0 radical (unpaired) electrons. The summed E-state index contributed by atoms with van der Waals surface area (Å²) in [6.45, 7) is 3.81. The van der Waals surface area contributed by atoms with Gasteiger partial charge >= 0.3 is 0 Å². The van der Waals surface area contributed by atoms with Crippen molar-refractivity contribution in [2.45, 2.75) is 6.04 Å². The summed E-state index contributed by atoms with van der Waals surface area (Å²) in [6, 6.07) is 12.8. The van der Waals surface area contributed by atoms with Gasteiger partial charge in [-0.2, -0.15) is 0 Å². The van der Waals surface area contributed by atoms with Gasteiger partial charge in [0.2, 0.25) is 0 Å². The molecule has 26 heavy (non-hydrogen) atoms. The van der Waals surface area contributed by atoms with Crippen molar-refractivity contribution in [3.63, 3.8) is 0 Å². The monoisotopic (exact) mass is 378 g/mol. The smallest absolute Gasteiger partial charge is 0.171 e. The number of benzene rings is 2. The molecule has 1 heterocycles. The Labute approximate surface area is 157 Å². The molecule has 3 rings (SSSR count). The molecule has 1 aliphatic rings. The molecule has 0 aromatic heterocycles. The maximum atomic E-state index is 13.3. The number of hydrogen-bond acceptors (Lipinski definition) is 2. The second-order valence-electron chi connectivity index (χ2n) is 6.22. The van der Waals surface area contributed by atoms with Crippen molar-refractivity contribution in [2.24, 2.45) is 0 Å². The van der Waals surface area contributed by atoms with Crippen LogP contribution in [0.3, 0.4) is 0 Å². The minimum absolute atomic E-state index is 0.132. The van der Waals surface area contributed by atoms with Gasteiger partial charge in [-0.25, -0.2) is 8.78 Å². The van der Waals surface area contributed by atoms with Crippen LogP contribution in [0.2, 0.25) is 0 Å². The van der Waals surface area contributed by atoms with Crippen molar-refractivity contribution in [2.75, 3.05) is 38.2 Å². The molecule has 1 saturated heterocycles. The number of anilines is 1. The molecular weight excluding hydrogens is 356 g/mol. The summed E-state index contributed by atoms with van der Waals surface area (Å²) in [6.07, 6.45) is 0. The first-order valence-electron chi connectivity index (χ1n) is 8.60. The number of quaternary nitrogens is 1. The zero-order valence-electron chi connectivity index (χ0n) is 14.3. The number of ether oxygens (including phenoxy) is 1. The highest BCUT2D eigenvalue weighted by molar-refractivity contribution is 7.80. The van der Waals surface area contributed by atoms with E-state index in [4.69, 9.17) is 17.0 Å². The Morgan fingerprint density at radius 1 is 1.00 bits per heavy atom. The molecule has 7 heteroatoms. The Morgan fingerprint density at radius 3 is 2.19 bits per heavy atom. The lowest BCUT2D eigenvalue weighted by molar-refractivity contribution is -0.937. The maximum Gasteiger partial charge on any atom is 0.171 e. The van der Waals surface area contributed by atoms with Crippen molar-refractivity contribution < 1.29 is 18.4 Å². The van der Waals surface area contributed by atoms with Gasteiger partial charge in [-0.15, -0.1) is 0 Å². The highest BCUT2D eigenvalue weighted by Crippen LogP contribution is 2.12. The Kier molecular flexibility index (Phi) is 6.49. The van der Waals surface area contributed by atoms with Crippen LogP contribution in [0.5, 0.6) is 0 Å². The second-order valence-corrected chi connectivity index (χ2v) is 6.62. The Hall–Kier alpha value is -2.09. The summed E-state index contributed by atoms with van der Waals surface area (Å²) in [5, 5.41) is 6.74. The summed E-state index contributed by atoms with van der Waals surface area (Å²) in [5.41, 5.74) is 1.78. The minimum atomic E-state index is -0.290. The molecule has 3 N–H and O–H groups in total. The predicted molar refractivity (Wildman–Crippen MR) is 101 cm³/mol. The van der Waals surface area contributed by atoms with Crippen molar-refractivity contribution in [3.8, 4) is 0 Å². The van der Waals surface area contributed by atoms with E-state index in [0.29, 0.717) is 24.9 Å². The number of rotatable bonds is 5. The highest BCUT2D eigenvalue weighted by atomic mass is 32.1. The van der Waals surface area contributed by atoms with E-state index < -0.39 is 0 Å². The fraction of sp³-hybridized carbons (Fsp3) is 0.316. The third kappa shape index (κ3) is 5.20. The van der Waals surface area contributed by atoms with E-state index in [1.807, 2.05) is 12.1 Å². The van der Waals surface area contributed by atoms with Crippen LogP contribution in [0.4, 0.5) is 14.5 Å². The third-order valence-electron chi connectivity index (χ3n) is 4.47. The molecule has 0 spiro atoms. The van der Waals surface area contributed by atoms with Crippen molar-refractivity contribution in [3.05, 3.63) is 65.7 Å². The zero-order chi connectivity index (χ0) is 18.4. The molecule has 1 atom stereocenters. The zero-order valence-corrected chi connectivity index (χ0v) is 15.1. The summed E-state index contributed by atoms with van der Waals surface area (Å²) in [7, 11) is 0. The molecule has 0 saturated carbocycles. The van der Waals surface area contributed by atoms with E-state index in [1.165, 1.54) is 29.2 Å². The minimum Gasteiger partial charge on any atom is -0.370 e. The Bertz CT molecular complexity index is 719. The van der Waals surface area contributed by atoms with Crippen LogP contribution in [0.15, 0.2) is 48.5 Å². The Morgan fingerprint density at radius 2 is 1.58 bits per heavy atom. The molecule has 0 amide bonds. The topological polar surface area (TPSA) is 37.7 Å². The fourth-order valence-electron chi connectivity index (χ4n) is 3.08.